The van der Waals surface area contributed by atoms with Crippen LogP contribution in [0.15, 0.2) is 29.4 Å². The zero-order valence-corrected chi connectivity index (χ0v) is 12.4. The van der Waals surface area contributed by atoms with Crippen LogP contribution in [-0.4, -0.2) is 38.8 Å². The number of nitrogens with one attached hydrogen (secondary N) is 1. The number of carboxylic acids is 1. The minimum atomic E-state index is -0.957. The number of aromatic amines is 1. The fourth-order valence-corrected chi connectivity index (χ4v) is 2.43. The maximum absolute atomic E-state index is 10.8. The second-order valence-corrected chi connectivity index (χ2v) is 5.26. The molecule has 3 rings (SSSR count). The predicted octanol–water partition coefficient (Wildman–Crippen LogP) is 2.37. The number of hydrogen-bond acceptors (Lipinski definition) is 5. The van der Waals surface area contributed by atoms with Gasteiger partial charge in [-0.05, 0) is 42.8 Å². The van der Waals surface area contributed by atoms with Gasteiger partial charge in [-0.15, -0.1) is 0 Å². The average Bonchev–Trinajstić information content (AvgIpc) is 3.15. The Balaban J connectivity index is 1.84. The van der Waals surface area contributed by atoms with Crippen LogP contribution in [0, 0.1) is 4.77 Å². The van der Waals surface area contributed by atoms with Crippen molar-refractivity contribution in [3.05, 3.63) is 46.0 Å². The maximum Gasteiger partial charge on any atom is 0.335 e. The molecule has 0 unspecified atom stereocenters. The second kappa shape index (κ2) is 6.20. The second-order valence-electron chi connectivity index (χ2n) is 4.87. The molecule has 0 bridgehead atoms. The molecule has 114 valence electrons. The molecule has 0 amide bonds. The van der Waals surface area contributed by atoms with E-state index in [-0.39, 0.29) is 11.7 Å². The Morgan fingerprint density at radius 1 is 1.50 bits per heavy atom. The monoisotopic (exact) mass is 318 g/mol. The fraction of sp³-hybridized carbons (Fsp3) is 0.286. The molecular weight excluding hydrogens is 304 g/mol. The van der Waals surface area contributed by atoms with Crippen LogP contribution in [0.25, 0.3) is 0 Å². The fourth-order valence-electron chi connectivity index (χ4n) is 2.24. The number of carbonyl (C=O) groups is 1. The maximum atomic E-state index is 10.8. The molecule has 2 aromatic rings. The van der Waals surface area contributed by atoms with E-state index in [1.807, 2.05) is 0 Å². The van der Waals surface area contributed by atoms with Crippen molar-refractivity contribution in [3.63, 3.8) is 0 Å². The number of H-pyrrole nitrogens is 1. The van der Waals surface area contributed by atoms with E-state index >= 15 is 0 Å². The number of aromatic nitrogens is 3. The van der Waals surface area contributed by atoms with E-state index in [9.17, 15) is 4.79 Å². The van der Waals surface area contributed by atoms with Crippen molar-refractivity contribution >= 4 is 24.4 Å². The summed E-state index contributed by atoms with van der Waals surface area (Å²) in [6.07, 6.45) is 3.39. The summed E-state index contributed by atoms with van der Waals surface area (Å²) in [6, 6.07) is 6.42. The van der Waals surface area contributed by atoms with Crippen LogP contribution in [0.5, 0.6) is 0 Å². The summed E-state index contributed by atoms with van der Waals surface area (Å²) in [6.45, 7) is 0.713. The van der Waals surface area contributed by atoms with Gasteiger partial charge in [0.15, 0.2) is 5.82 Å². The summed E-state index contributed by atoms with van der Waals surface area (Å²) in [5.74, 6) is -0.304. The number of carboxylic acid groups (broad SMARTS) is 1. The van der Waals surface area contributed by atoms with Crippen LogP contribution in [0.2, 0.25) is 0 Å². The van der Waals surface area contributed by atoms with Crippen LogP contribution in [0.1, 0.15) is 40.7 Å². The Bertz CT molecular complexity index is 757. The van der Waals surface area contributed by atoms with Crippen LogP contribution < -0.4 is 0 Å². The smallest absolute Gasteiger partial charge is 0.335 e. The van der Waals surface area contributed by atoms with E-state index in [4.69, 9.17) is 22.1 Å². The van der Waals surface area contributed by atoms with Gasteiger partial charge in [0.2, 0.25) is 4.77 Å². The van der Waals surface area contributed by atoms with Crippen LogP contribution in [0.3, 0.4) is 0 Å². The minimum Gasteiger partial charge on any atom is -0.478 e. The van der Waals surface area contributed by atoms with Gasteiger partial charge in [-0.3, -0.25) is 5.10 Å². The Labute approximate surface area is 131 Å². The lowest BCUT2D eigenvalue weighted by Crippen LogP contribution is -2.05. The molecule has 1 atom stereocenters. The molecule has 1 aliphatic heterocycles. The first-order chi connectivity index (χ1) is 10.6. The third kappa shape index (κ3) is 2.97. The van der Waals surface area contributed by atoms with Crippen molar-refractivity contribution in [2.75, 3.05) is 6.61 Å². The summed E-state index contributed by atoms with van der Waals surface area (Å²) in [5.41, 5.74) is 1.00. The molecule has 0 aliphatic carbocycles. The van der Waals surface area contributed by atoms with Gasteiger partial charge in [-0.25, -0.2) is 4.79 Å². The molecule has 2 heterocycles. The number of hydrogen-bond donors (Lipinski definition) is 2. The number of rotatable bonds is 4. The summed E-state index contributed by atoms with van der Waals surface area (Å²) in [7, 11) is 0. The van der Waals surface area contributed by atoms with E-state index in [1.165, 1.54) is 16.8 Å². The van der Waals surface area contributed by atoms with Crippen molar-refractivity contribution in [2.24, 2.45) is 5.10 Å². The van der Waals surface area contributed by atoms with E-state index in [2.05, 4.69) is 15.3 Å². The van der Waals surface area contributed by atoms with E-state index in [1.54, 1.807) is 18.3 Å². The topological polar surface area (TPSA) is 92.5 Å². The molecule has 1 fully saturated rings. The quantitative estimate of drug-likeness (QED) is 0.667. The highest BCUT2D eigenvalue weighted by Crippen LogP contribution is 2.26. The lowest BCUT2D eigenvalue weighted by molar-refractivity contribution is 0.0697. The van der Waals surface area contributed by atoms with Crippen molar-refractivity contribution in [3.8, 4) is 0 Å². The molecule has 0 saturated carbocycles. The number of ether oxygens (including phenoxy) is 1. The van der Waals surface area contributed by atoms with Crippen LogP contribution >= 0.6 is 12.2 Å². The van der Waals surface area contributed by atoms with Crippen molar-refractivity contribution in [1.29, 1.82) is 0 Å². The molecule has 8 heteroatoms. The van der Waals surface area contributed by atoms with E-state index in [0.717, 1.165) is 18.4 Å². The first-order valence-electron chi connectivity index (χ1n) is 6.82. The van der Waals surface area contributed by atoms with Gasteiger partial charge in [0.25, 0.3) is 0 Å². The third-order valence-electron chi connectivity index (χ3n) is 3.37. The van der Waals surface area contributed by atoms with Gasteiger partial charge >= 0.3 is 5.97 Å². The normalized spacial score (nSPS) is 18.1. The number of benzene rings is 1. The Hall–Kier alpha value is -2.32. The summed E-state index contributed by atoms with van der Waals surface area (Å²) >= 11 is 5.18. The molecule has 7 nitrogen and oxygen atoms in total. The van der Waals surface area contributed by atoms with Gasteiger partial charge in [0.05, 0.1) is 11.8 Å². The van der Waals surface area contributed by atoms with Gasteiger partial charge in [0, 0.05) is 6.61 Å². The Morgan fingerprint density at radius 3 is 2.91 bits per heavy atom. The van der Waals surface area contributed by atoms with Gasteiger partial charge < -0.3 is 9.84 Å². The summed E-state index contributed by atoms with van der Waals surface area (Å²) in [4.78, 5) is 10.8. The minimum absolute atomic E-state index is 0.0977. The van der Waals surface area contributed by atoms with Crippen LogP contribution in [0.4, 0.5) is 0 Å². The van der Waals surface area contributed by atoms with Crippen molar-refractivity contribution in [1.82, 2.24) is 14.9 Å². The highest BCUT2D eigenvalue weighted by Gasteiger charge is 2.23. The molecule has 0 spiro atoms. The summed E-state index contributed by atoms with van der Waals surface area (Å²) < 4.78 is 7.53. The zero-order valence-electron chi connectivity index (χ0n) is 11.6. The Kier molecular flexibility index (Phi) is 4.12. The third-order valence-corrected chi connectivity index (χ3v) is 3.64. The van der Waals surface area contributed by atoms with Gasteiger partial charge in [-0.2, -0.15) is 14.9 Å². The lowest BCUT2D eigenvalue weighted by atomic mass is 10.1. The standard InChI is InChI=1S/C14H14N4O3S/c19-13(20)10-5-3-9(4-6-10)8-15-18-12(16-17-14(18)22)11-2-1-7-21-11/h3-6,8,11H,1-2,7H2,(H,17,22)(H,19,20)/b15-8-/t11-/m0/s1. The molecule has 2 N–H and O–H groups in total. The van der Waals surface area contributed by atoms with Gasteiger partial charge in [-0.1, -0.05) is 12.1 Å². The highest BCUT2D eigenvalue weighted by atomic mass is 32.1. The number of aromatic carboxylic acids is 1. The SMILES string of the molecule is O=C(O)c1ccc(/C=N\n2c([C@@H]3CCCO3)n[nH]c2=S)cc1. The highest BCUT2D eigenvalue weighted by molar-refractivity contribution is 7.71. The molecule has 1 aliphatic rings. The summed E-state index contributed by atoms with van der Waals surface area (Å²) in [5, 5.41) is 20.1. The predicted molar refractivity (Wildman–Crippen MR) is 81.7 cm³/mol. The largest absolute Gasteiger partial charge is 0.478 e. The van der Waals surface area contributed by atoms with E-state index in [0.29, 0.717) is 17.2 Å². The van der Waals surface area contributed by atoms with Crippen molar-refractivity contribution < 1.29 is 14.6 Å². The first kappa shape index (κ1) is 14.6. The molecular formula is C14H14N4O3S. The lowest BCUT2D eigenvalue weighted by Gasteiger charge is -2.07. The van der Waals surface area contributed by atoms with Gasteiger partial charge in [0.1, 0.15) is 6.10 Å². The molecule has 1 aromatic carbocycles. The molecule has 1 saturated heterocycles. The molecule has 22 heavy (non-hydrogen) atoms. The first-order valence-corrected chi connectivity index (χ1v) is 7.22. The Morgan fingerprint density at radius 2 is 2.27 bits per heavy atom. The molecule has 1 aromatic heterocycles. The average molecular weight is 318 g/mol. The molecule has 0 radical (unpaired) electrons. The van der Waals surface area contributed by atoms with E-state index < -0.39 is 5.97 Å². The number of nitrogens with zero attached hydrogens (tertiary/aromatic N) is 3. The van der Waals surface area contributed by atoms with Crippen molar-refractivity contribution in [2.45, 2.75) is 18.9 Å². The zero-order chi connectivity index (χ0) is 15.5. The van der Waals surface area contributed by atoms with Crippen LogP contribution in [-0.2, 0) is 4.74 Å².